The van der Waals surface area contributed by atoms with Crippen molar-refractivity contribution in [3.05, 3.63) is 40.8 Å². The first-order valence-corrected chi connectivity index (χ1v) is 8.15. The molecule has 0 spiro atoms. The van der Waals surface area contributed by atoms with Crippen LogP contribution >= 0.6 is 0 Å². The van der Waals surface area contributed by atoms with Gasteiger partial charge in [-0.25, -0.2) is 9.59 Å². The zero-order valence-electron chi connectivity index (χ0n) is 14.4. The van der Waals surface area contributed by atoms with Gasteiger partial charge in [0.15, 0.2) is 0 Å². The minimum atomic E-state index is -0.845. The summed E-state index contributed by atoms with van der Waals surface area (Å²) in [5, 5.41) is 3.10. The Bertz CT molecular complexity index is 935. The molecule has 1 aromatic carbocycles. The second-order valence-corrected chi connectivity index (χ2v) is 6.02. The predicted molar refractivity (Wildman–Crippen MR) is 92.6 cm³/mol. The molecule has 0 saturated carbocycles. The van der Waals surface area contributed by atoms with Crippen molar-refractivity contribution in [3.63, 3.8) is 0 Å². The van der Waals surface area contributed by atoms with Crippen LogP contribution in [0.2, 0.25) is 0 Å². The van der Waals surface area contributed by atoms with Crippen LogP contribution in [-0.2, 0) is 19.1 Å². The molecule has 0 bridgehead atoms. The highest BCUT2D eigenvalue weighted by molar-refractivity contribution is 6.08. The SMILES string of the molecule is COC(=O)[C@@H](C)NC(=O)[C@@H]1CCC(=O)N1c1cc(=O)oc2ccccc12. The molecular formula is C18H18N2O6. The lowest BCUT2D eigenvalue weighted by atomic mass is 10.1. The summed E-state index contributed by atoms with van der Waals surface area (Å²) in [6, 6.07) is 6.34. The fourth-order valence-electron chi connectivity index (χ4n) is 3.07. The van der Waals surface area contributed by atoms with Gasteiger partial charge in [-0.3, -0.25) is 14.5 Å². The minimum Gasteiger partial charge on any atom is -0.467 e. The normalized spacial score (nSPS) is 18.0. The smallest absolute Gasteiger partial charge is 0.338 e. The number of ether oxygens (including phenoxy) is 1. The molecule has 26 heavy (non-hydrogen) atoms. The van der Waals surface area contributed by atoms with Crippen LogP contribution in [0.1, 0.15) is 19.8 Å². The molecule has 136 valence electrons. The number of hydrogen-bond acceptors (Lipinski definition) is 6. The average Bonchev–Trinajstić information content (AvgIpc) is 3.01. The van der Waals surface area contributed by atoms with Gasteiger partial charge in [-0.15, -0.1) is 0 Å². The molecule has 1 saturated heterocycles. The number of methoxy groups -OCH3 is 1. The largest absolute Gasteiger partial charge is 0.467 e. The van der Waals surface area contributed by atoms with Crippen molar-refractivity contribution in [1.29, 1.82) is 0 Å². The lowest BCUT2D eigenvalue weighted by molar-refractivity contribution is -0.144. The minimum absolute atomic E-state index is 0.166. The summed E-state index contributed by atoms with van der Waals surface area (Å²) in [6.07, 6.45) is 0.451. The number of nitrogens with one attached hydrogen (secondary N) is 1. The summed E-state index contributed by atoms with van der Waals surface area (Å²) in [6.45, 7) is 1.50. The number of carbonyl (C=O) groups excluding carboxylic acids is 3. The standard InChI is InChI=1S/C18H18N2O6/c1-10(18(24)25-2)19-17(23)12-7-8-15(21)20(12)13-9-16(22)26-14-6-4-3-5-11(13)14/h3-6,9-10,12H,7-8H2,1-2H3,(H,19,23)/t10-,12+/m1/s1. The van der Waals surface area contributed by atoms with E-state index in [0.29, 0.717) is 16.7 Å². The Morgan fingerprint density at radius 3 is 2.77 bits per heavy atom. The molecule has 1 aromatic heterocycles. The topological polar surface area (TPSA) is 106 Å². The Hall–Kier alpha value is -3.16. The van der Waals surface area contributed by atoms with E-state index in [4.69, 9.17) is 4.42 Å². The summed E-state index contributed by atoms with van der Waals surface area (Å²) < 4.78 is 9.74. The molecule has 0 unspecified atom stereocenters. The van der Waals surface area contributed by atoms with Crippen molar-refractivity contribution in [2.24, 2.45) is 0 Å². The number of benzene rings is 1. The predicted octanol–water partition coefficient (Wildman–Crippen LogP) is 0.966. The van der Waals surface area contributed by atoms with Gasteiger partial charge < -0.3 is 14.5 Å². The molecule has 3 rings (SSSR count). The van der Waals surface area contributed by atoms with Crippen LogP contribution in [0.15, 0.2) is 39.5 Å². The number of esters is 1. The number of amides is 2. The summed E-state index contributed by atoms with van der Waals surface area (Å²) in [5.41, 5.74) is 0.0440. The fraction of sp³-hybridized carbons (Fsp3) is 0.333. The van der Waals surface area contributed by atoms with Crippen LogP contribution < -0.4 is 15.8 Å². The van der Waals surface area contributed by atoms with Gasteiger partial charge in [0, 0.05) is 17.9 Å². The van der Waals surface area contributed by atoms with Crippen LogP contribution in [0.5, 0.6) is 0 Å². The van der Waals surface area contributed by atoms with E-state index in [1.807, 2.05) is 0 Å². The molecule has 2 amide bonds. The molecule has 1 N–H and O–H groups in total. The summed E-state index contributed by atoms with van der Waals surface area (Å²) >= 11 is 0. The first kappa shape index (κ1) is 17.7. The third kappa shape index (κ3) is 3.17. The van der Waals surface area contributed by atoms with Gasteiger partial charge in [-0.05, 0) is 25.5 Å². The Balaban J connectivity index is 1.98. The molecule has 1 aliphatic heterocycles. The van der Waals surface area contributed by atoms with E-state index in [9.17, 15) is 19.2 Å². The molecule has 1 aliphatic rings. The zero-order chi connectivity index (χ0) is 18.8. The number of para-hydroxylation sites is 1. The van der Waals surface area contributed by atoms with Crippen LogP contribution in [-0.4, -0.2) is 37.0 Å². The Morgan fingerprint density at radius 1 is 1.31 bits per heavy atom. The van der Waals surface area contributed by atoms with Crippen molar-refractivity contribution in [1.82, 2.24) is 5.32 Å². The van der Waals surface area contributed by atoms with E-state index in [-0.39, 0.29) is 18.7 Å². The van der Waals surface area contributed by atoms with Crippen LogP contribution in [0.4, 0.5) is 5.69 Å². The maximum Gasteiger partial charge on any atom is 0.338 e. The van der Waals surface area contributed by atoms with Gasteiger partial charge in [0.05, 0.1) is 12.8 Å². The molecule has 0 radical (unpaired) electrons. The highest BCUT2D eigenvalue weighted by atomic mass is 16.5. The zero-order valence-corrected chi connectivity index (χ0v) is 14.4. The lowest BCUT2D eigenvalue weighted by Gasteiger charge is -2.25. The maximum atomic E-state index is 12.6. The fourth-order valence-corrected chi connectivity index (χ4v) is 3.07. The van der Waals surface area contributed by atoms with Gasteiger partial charge >= 0.3 is 11.6 Å². The second kappa shape index (κ2) is 6.99. The van der Waals surface area contributed by atoms with Crippen molar-refractivity contribution in [2.75, 3.05) is 12.0 Å². The molecule has 2 heterocycles. The third-order valence-corrected chi connectivity index (χ3v) is 4.32. The molecule has 8 nitrogen and oxygen atoms in total. The summed E-state index contributed by atoms with van der Waals surface area (Å²) in [5.74, 6) is -1.34. The van der Waals surface area contributed by atoms with E-state index in [1.165, 1.54) is 25.0 Å². The van der Waals surface area contributed by atoms with Gasteiger partial charge in [0.25, 0.3) is 0 Å². The van der Waals surface area contributed by atoms with Gasteiger partial charge in [0.2, 0.25) is 11.8 Å². The average molecular weight is 358 g/mol. The summed E-state index contributed by atoms with van der Waals surface area (Å²) in [7, 11) is 1.23. The highest BCUT2D eigenvalue weighted by Gasteiger charge is 2.39. The van der Waals surface area contributed by atoms with E-state index in [2.05, 4.69) is 10.1 Å². The monoisotopic (exact) mass is 358 g/mol. The number of anilines is 1. The lowest BCUT2D eigenvalue weighted by Crippen LogP contribution is -2.49. The quantitative estimate of drug-likeness (QED) is 0.645. The molecule has 1 fully saturated rings. The first-order valence-electron chi connectivity index (χ1n) is 8.15. The van der Waals surface area contributed by atoms with Crippen molar-refractivity contribution < 1.29 is 23.5 Å². The number of hydrogen-bond donors (Lipinski definition) is 1. The second-order valence-electron chi connectivity index (χ2n) is 6.02. The van der Waals surface area contributed by atoms with Crippen molar-refractivity contribution in [3.8, 4) is 0 Å². The molecule has 0 aliphatic carbocycles. The Morgan fingerprint density at radius 2 is 2.04 bits per heavy atom. The molecule has 2 aromatic rings. The highest BCUT2D eigenvalue weighted by Crippen LogP contribution is 2.32. The molecule has 2 atom stereocenters. The first-order chi connectivity index (χ1) is 12.4. The number of rotatable bonds is 4. The maximum absolute atomic E-state index is 12.6. The number of nitrogens with zero attached hydrogens (tertiary/aromatic N) is 1. The number of fused-ring (bicyclic) bond motifs is 1. The summed E-state index contributed by atoms with van der Waals surface area (Å²) in [4.78, 5) is 49.8. The molecular weight excluding hydrogens is 340 g/mol. The van der Waals surface area contributed by atoms with Crippen molar-refractivity contribution in [2.45, 2.75) is 31.8 Å². The van der Waals surface area contributed by atoms with E-state index >= 15 is 0 Å². The van der Waals surface area contributed by atoms with Gasteiger partial charge in [-0.1, -0.05) is 12.1 Å². The van der Waals surface area contributed by atoms with Gasteiger partial charge in [-0.2, -0.15) is 0 Å². The van der Waals surface area contributed by atoms with E-state index in [0.717, 1.165) is 0 Å². The van der Waals surface area contributed by atoms with E-state index in [1.54, 1.807) is 24.3 Å². The van der Waals surface area contributed by atoms with Crippen LogP contribution in [0, 0.1) is 0 Å². The van der Waals surface area contributed by atoms with Crippen molar-refractivity contribution >= 4 is 34.4 Å². The Labute approximate surface area is 148 Å². The third-order valence-electron chi connectivity index (χ3n) is 4.32. The van der Waals surface area contributed by atoms with Gasteiger partial charge in [0.1, 0.15) is 17.7 Å². The van der Waals surface area contributed by atoms with Crippen LogP contribution in [0.3, 0.4) is 0 Å². The molecule has 8 heteroatoms. The van der Waals surface area contributed by atoms with Crippen LogP contribution in [0.25, 0.3) is 11.0 Å². The number of carbonyl (C=O) groups is 3. The van der Waals surface area contributed by atoms with E-state index < -0.39 is 29.6 Å². The Kier molecular flexibility index (Phi) is 4.75.